The second-order valence-corrected chi connectivity index (χ2v) is 3.25. The first-order chi connectivity index (χ1) is 7.16. The van der Waals surface area contributed by atoms with Gasteiger partial charge in [-0.25, -0.2) is 4.98 Å². The Balaban J connectivity index is 2.86. The van der Waals surface area contributed by atoms with E-state index in [9.17, 15) is 4.79 Å². The second kappa shape index (κ2) is 5.31. The maximum Gasteiger partial charge on any atom is 0.252 e. The number of nitrogens with one attached hydrogen (secondary N) is 2. The number of hydrogen-bond donors (Lipinski definition) is 3. The van der Waals surface area contributed by atoms with Crippen LogP contribution in [0.5, 0.6) is 0 Å². The Morgan fingerprint density at radius 1 is 1.53 bits per heavy atom. The highest BCUT2D eigenvalue weighted by molar-refractivity contribution is 5.98. The molecule has 5 nitrogen and oxygen atoms in total. The molecule has 1 amide bonds. The number of nitrogens with zero attached hydrogens (tertiary/aromatic N) is 1. The molecule has 0 aliphatic heterocycles. The fourth-order valence-corrected chi connectivity index (χ4v) is 1.31. The summed E-state index contributed by atoms with van der Waals surface area (Å²) in [7, 11) is 1.86. The molecule has 1 rings (SSSR count). The third kappa shape index (κ3) is 2.92. The van der Waals surface area contributed by atoms with Crippen molar-refractivity contribution in [1.82, 2.24) is 10.3 Å². The van der Waals surface area contributed by atoms with E-state index in [2.05, 4.69) is 15.6 Å². The Morgan fingerprint density at radius 3 is 2.87 bits per heavy atom. The lowest BCUT2D eigenvalue weighted by molar-refractivity contribution is 0.1000. The van der Waals surface area contributed by atoms with Gasteiger partial charge in [-0.2, -0.15) is 0 Å². The van der Waals surface area contributed by atoms with Crippen LogP contribution in [0.25, 0.3) is 0 Å². The zero-order chi connectivity index (χ0) is 11.3. The maximum atomic E-state index is 11.2. The van der Waals surface area contributed by atoms with Crippen molar-refractivity contribution in [3.05, 3.63) is 23.4 Å². The topological polar surface area (TPSA) is 80.0 Å². The molecule has 0 saturated carbocycles. The Labute approximate surface area is 89.1 Å². The summed E-state index contributed by atoms with van der Waals surface area (Å²) in [5.41, 5.74) is 6.59. The molecule has 0 bridgehead atoms. The van der Waals surface area contributed by atoms with Crippen molar-refractivity contribution in [2.24, 2.45) is 5.73 Å². The average Bonchev–Trinajstić information content (AvgIpc) is 2.17. The largest absolute Gasteiger partial charge is 0.368 e. The minimum absolute atomic E-state index is 0.451. The van der Waals surface area contributed by atoms with E-state index in [1.54, 1.807) is 12.3 Å². The first kappa shape index (κ1) is 11.5. The Morgan fingerprint density at radius 2 is 2.27 bits per heavy atom. The fraction of sp³-hybridized carbons (Fsp3) is 0.400. The summed E-state index contributed by atoms with van der Waals surface area (Å²) in [6.07, 6.45) is 1.66. The predicted molar refractivity (Wildman–Crippen MR) is 59.9 cm³/mol. The van der Waals surface area contributed by atoms with Gasteiger partial charge in [-0.3, -0.25) is 4.79 Å². The Bertz CT molecular complexity index is 351. The molecule has 0 atom stereocenters. The van der Waals surface area contributed by atoms with Gasteiger partial charge in [0.15, 0.2) is 0 Å². The van der Waals surface area contributed by atoms with Crippen LogP contribution in [0, 0.1) is 6.92 Å². The number of anilines is 1. The quantitative estimate of drug-likeness (QED) is 0.600. The summed E-state index contributed by atoms with van der Waals surface area (Å²) in [4.78, 5) is 15.3. The first-order valence-corrected chi connectivity index (χ1v) is 4.80. The number of carbonyl (C=O) groups excluding carboxylic acids is 1. The van der Waals surface area contributed by atoms with E-state index in [-0.39, 0.29) is 0 Å². The predicted octanol–water partition coefficient (Wildman–Crippen LogP) is 0.120. The number of aryl methyl sites for hydroxylation is 1. The van der Waals surface area contributed by atoms with Gasteiger partial charge in [0.2, 0.25) is 0 Å². The molecule has 0 unspecified atom stereocenters. The standard InChI is InChI=1S/C10H16N4O/c1-7-3-4-13-10(8(7)9(11)15)14-6-5-12-2/h3-4,12H,5-6H2,1-2H3,(H2,11,15)(H,13,14). The van der Waals surface area contributed by atoms with Gasteiger partial charge in [-0.05, 0) is 25.6 Å². The van der Waals surface area contributed by atoms with Gasteiger partial charge >= 0.3 is 0 Å². The van der Waals surface area contributed by atoms with E-state index in [1.165, 1.54) is 0 Å². The highest BCUT2D eigenvalue weighted by Crippen LogP contribution is 2.15. The van der Waals surface area contributed by atoms with Crippen molar-refractivity contribution in [1.29, 1.82) is 0 Å². The molecule has 1 heterocycles. The van der Waals surface area contributed by atoms with E-state index >= 15 is 0 Å². The van der Waals surface area contributed by atoms with Crippen LogP contribution in [0.3, 0.4) is 0 Å². The fourth-order valence-electron chi connectivity index (χ4n) is 1.31. The van der Waals surface area contributed by atoms with Gasteiger partial charge in [0.25, 0.3) is 5.91 Å². The number of carbonyl (C=O) groups is 1. The van der Waals surface area contributed by atoms with Crippen LogP contribution >= 0.6 is 0 Å². The third-order valence-electron chi connectivity index (χ3n) is 2.07. The van der Waals surface area contributed by atoms with Crippen molar-refractivity contribution in [2.45, 2.75) is 6.92 Å². The summed E-state index contributed by atoms with van der Waals surface area (Å²) in [6.45, 7) is 3.34. The maximum absolute atomic E-state index is 11.2. The van der Waals surface area contributed by atoms with Crippen LogP contribution in [-0.4, -0.2) is 31.0 Å². The van der Waals surface area contributed by atoms with Crippen molar-refractivity contribution in [3.63, 3.8) is 0 Å². The molecule has 0 saturated heterocycles. The van der Waals surface area contributed by atoms with E-state index in [0.717, 1.165) is 12.1 Å². The molecular formula is C10H16N4O. The SMILES string of the molecule is CNCCNc1nccc(C)c1C(N)=O. The van der Waals surface area contributed by atoms with Gasteiger partial charge in [0.05, 0.1) is 5.56 Å². The Hall–Kier alpha value is -1.62. The van der Waals surface area contributed by atoms with Crippen LogP contribution in [-0.2, 0) is 0 Å². The normalized spacial score (nSPS) is 10.0. The lowest BCUT2D eigenvalue weighted by atomic mass is 10.1. The average molecular weight is 208 g/mol. The molecular weight excluding hydrogens is 192 g/mol. The van der Waals surface area contributed by atoms with Gasteiger partial charge in [-0.15, -0.1) is 0 Å². The monoisotopic (exact) mass is 208 g/mol. The van der Waals surface area contributed by atoms with Crippen LogP contribution in [0.1, 0.15) is 15.9 Å². The lowest BCUT2D eigenvalue weighted by Crippen LogP contribution is -2.22. The van der Waals surface area contributed by atoms with Crippen molar-refractivity contribution in [3.8, 4) is 0 Å². The number of hydrogen-bond acceptors (Lipinski definition) is 4. The highest BCUT2D eigenvalue weighted by Gasteiger charge is 2.11. The summed E-state index contributed by atoms with van der Waals surface area (Å²) < 4.78 is 0. The van der Waals surface area contributed by atoms with E-state index in [0.29, 0.717) is 17.9 Å². The zero-order valence-corrected chi connectivity index (χ0v) is 9.00. The highest BCUT2D eigenvalue weighted by atomic mass is 16.1. The van der Waals surface area contributed by atoms with Crippen LogP contribution in [0.15, 0.2) is 12.3 Å². The number of nitrogens with two attached hydrogens (primary N) is 1. The smallest absolute Gasteiger partial charge is 0.252 e. The molecule has 0 fully saturated rings. The molecule has 1 aromatic rings. The summed E-state index contributed by atoms with van der Waals surface area (Å²) in [5, 5.41) is 6.06. The molecule has 0 aliphatic rings. The number of primary amides is 1. The Kier molecular flexibility index (Phi) is 4.05. The number of aromatic nitrogens is 1. The molecule has 82 valence electrons. The van der Waals surface area contributed by atoms with Crippen molar-refractivity contribution < 1.29 is 4.79 Å². The number of amides is 1. The second-order valence-electron chi connectivity index (χ2n) is 3.25. The lowest BCUT2D eigenvalue weighted by Gasteiger charge is -2.10. The molecule has 1 aromatic heterocycles. The molecule has 0 aliphatic carbocycles. The van der Waals surface area contributed by atoms with Gasteiger partial charge in [0.1, 0.15) is 5.82 Å². The van der Waals surface area contributed by atoms with Crippen LogP contribution in [0.4, 0.5) is 5.82 Å². The summed E-state index contributed by atoms with van der Waals surface area (Å²) in [6, 6.07) is 1.77. The number of pyridine rings is 1. The first-order valence-electron chi connectivity index (χ1n) is 4.80. The van der Waals surface area contributed by atoms with Gasteiger partial charge < -0.3 is 16.4 Å². The van der Waals surface area contributed by atoms with Crippen molar-refractivity contribution in [2.75, 3.05) is 25.5 Å². The third-order valence-corrected chi connectivity index (χ3v) is 2.07. The van der Waals surface area contributed by atoms with E-state index < -0.39 is 5.91 Å². The van der Waals surface area contributed by atoms with Crippen molar-refractivity contribution >= 4 is 11.7 Å². The van der Waals surface area contributed by atoms with Gasteiger partial charge in [-0.1, -0.05) is 0 Å². The molecule has 5 heteroatoms. The molecule has 4 N–H and O–H groups in total. The zero-order valence-electron chi connectivity index (χ0n) is 9.00. The van der Waals surface area contributed by atoms with Crippen LogP contribution in [0.2, 0.25) is 0 Å². The van der Waals surface area contributed by atoms with E-state index in [1.807, 2.05) is 14.0 Å². The number of rotatable bonds is 5. The van der Waals surface area contributed by atoms with Crippen LogP contribution < -0.4 is 16.4 Å². The molecule has 0 spiro atoms. The van der Waals surface area contributed by atoms with Gasteiger partial charge in [0, 0.05) is 19.3 Å². The number of likely N-dealkylation sites (N-methyl/N-ethyl adjacent to an activating group) is 1. The minimum atomic E-state index is -0.451. The summed E-state index contributed by atoms with van der Waals surface area (Å²) in [5.74, 6) is 0.102. The van der Waals surface area contributed by atoms with E-state index in [4.69, 9.17) is 5.73 Å². The molecule has 0 radical (unpaired) electrons. The minimum Gasteiger partial charge on any atom is -0.368 e. The summed E-state index contributed by atoms with van der Waals surface area (Å²) >= 11 is 0. The molecule has 0 aromatic carbocycles. The molecule has 15 heavy (non-hydrogen) atoms.